The van der Waals surface area contributed by atoms with Crippen molar-refractivity contribution in [3.63, 3.8) is 0 Å². The van der Waals surface area contributed by atoms with Crippen LogP contribution in [0.15, 0.2) is 53.3 Å². The quantitative estimate of drug-likeness (QED) is 0.787. The van der Waals surface area contributed by atoms with Crippen LogP contribution in [0.3, 0.4) is 0 Å². The Morgan fingerprint density at radius 1 is 1.19 bits per heavy atom. The molecule has 106 valence electrons. The molecule has 3 rings (SSSR count). The molecule has 1 heterocycles. The van der Waals surface area contributed by atoms with E-state index in [-0.39, 0.29) is 5.82 Å². The van der Waals surface area contributed by atoms with Gasteiger partial charge in [0.15, 0.2) is 0 Å². The highest BCUT2D eigenvalue weighted by molar-refractivity contribution is 9.10. The van der Waals surface area contributed by atoms with Gasteiger partial charge in [0.25, 0.3) is 0 Å². The van der Waals surface area contributed by atoms with E-state index in [0.29, 0.717) is 11.0 Å². The second-order valence-corrected chi connectivity index (χ2v) is 5.23. The Bertz CT molecular complexity index is 745. The second kappa shape index (κ2) is 6.01. The first-order valence-electron chi connectivity index (χ1n) is 6.24. The third-order valence-corrected chi connectivity index (χ3v) is 3.61. The summed E-state index contributed by atoms with van der Waals surface area (Å²) >= 11 is 3.14. The molecule has 0 aliphatic heterocycles. The number of nitrogens with zero attached hydrogens (tertiary/aromatic N) is 4. The summed E-state index contributed by atoms with van der Waals surface area (Å²) in [7, 11) is 0. The van der Waals surface area contributed by atoms with Crippen LogP contribution in [-0.4, -0.2) is 20.2 Å². The second-order valence-electron chi connectivity index (χ2n) is 4.37. The van der Waals surface area contributed by atoms with Crippen LogP contribution >= 0.6 is 15.9 Å². The maximum Gasteiger partial charge on any atom is 0.143 e. The van der Waals surface area contributed by atoms with Crippen molar-refractivity contribution in [3.8, 4) is 5.69 Å². The molecule has 1 aromatic heterocycles. The van der Waals surface area contributed by atoms with Crippen LogP contribution in [0, 0.1) is 5.82 Å². The number of hydrogen-bond acceptors (Lipinski definition) is 4. The van der Waals surface area contributed by atoms with E-state index in [2.05, 4.69) is 36.8 Å². The molecule has 0 aliphatic carbocycles. The lowest BCUT2D eigenvalue weighted by Crippen LogP contribution is -2.05. The molecule has 0 atom stereocenters. The molecule has 3 aromatic rings. The summed E-state index contributed by atoms with van der Waals surface area (Å²) in [5.41, 5.74) is 2.55. The maximum atomic E-state index is 13.5. The van der Waals surface area contributed by atoms with Crippen molar-refractivity contribution in [1.29, 1.82) is 0 Å². The normalized spacial score (nSPS) is 10.6. The van der Waals surface area contributed by atoms with Crippen LogP contribution in [-0.2, 0) is 6.54 Å². The van der Waals surface area contributed by atoms with Gasteiger partial charge in [0, 0.05) is 6.54 Å². The van der Waals surface area contributed by atoms with Crippen LogP contribution in [0.4, 0.5) is 10.1 Å². The van der Waals surface area contributed by atoms with Crippen molar-refractivity contribution < 1.29 is 4.39 Å². The van der Waals surface area contributed by atoms with Gasteiger partial charge in [-0.2, -0.15) is 4.68 Å². The van der Waals surface area contributed by atoms with Crippen molar-refractivity contribution in [3.05, 3.63) is 64.6 Å². The molecule has 0 bridgehead atoms. The minimum absolute atomic E-state index is 0.275. The molecule has 0 aliphatic rings. The van der Waals surface area contributed by atoms with Crippen LogP contribution in [0.25, 0.3) is 5.69 Å². The van der Waals surface area contributed by atoms with E-state index in [4.69, 9.17) is 0 Å². The lowest BCUT2D eigenvalue weighted by Gasteiger charge is -2.11. The Kier molecular flexibility index (Phi) is 3.92. The number of benzene rings is 2. The molecule has 0 spiro atoms. The van der Waals surface area contributed by atoms with Crippen molar-refractivity contribution >= 4 is 21.6 Å². The Balaban J connectivity index is 1.81. The zero-order valence-corrected chi connectivity index (χ0v) is 12.5. The van der Waals surface area contributed by atoms with E-state index >= 15 is 0 Å². The summed E-state index contributed by atoms with van der Waals surface area (Å²) in [6, 6.07) is 12.7. The molecule has 0 unspecified atom stereocenters. The van der Waals surface area contributed by atoms with Gasteiger partial charge in [-0.25, -0.2) is 4.39 Å². The number of hydrogen-bond donors (Lipinski definition) is 1. The standard InChI is InChI=1S/C14H11BrFN5/c15-11-6-5-10(7-12(11)16)8-17-13-3-1-2-4-14(13)21-9-18-19-20-21/h1-7,9,17H,8H2. The van der Waals surface area contributed by atoms with Crippen LogP contribution in [0.2, 0.25) is 0 Å². The average Bonchev–Trinajstić information content (AvgIpc) is 3.03. The monoisotopic (exact) mass is 347 g/mol. The molecular weight excluding hydrogens is 337 g/mol. The lowest BCUT2D eigenvalue weighted by atomic mass is 10.2. The van der Waals surface area contributed by atoms with Gasteiger partial charge in [0.1, 0.15) is 12.1 Å². The number of rotatable bonds is 4. The molecule has 1 N–H and O–H groups in total. The molecule has 0 fully saturated rings. The van der Waals surface area contributed by atoms with Crippen molar-refractivity contribution in [1.82, 2.24) is 20.2 Å². The topological polar surface area (TPSA) is 55.6 Å². The zero-order chi connectivity index (χ0) is 14.7. The Morgan fingerprint density at radius 3 is 2.81 bits per heavy atom. The SMILES string of the molecule is Fc1cc(CNc2ccccc2-n2cnnn2)ccc1Br. The molecule has 21 heavy (non-hydrogen) atoms. The Morgan fingerprint density at radius 2 is 2.05 bits per heavy atom. The smallest absolute Gasteiger partial charge is 0.143 e. The first-order valence-corrected chi connectivity index (χ1v) is 7.03. The van der Waals surface area contributed by atoms with Gasteiger partial charge in [-0.05, 0) is 56.2 Å². The zero-order valence-electron chi connectivity index (χ0n) is 10.9. The van der Waals surface area contributed by atoms with Crippen molar-refractivity contribution in [2.75, 3.05) is 5.32 Å². The van der Waals surface area contributed by atoms with E-state index in [9.17, 15) is 4.39 Å². The third kappa shape index (κ3) is 3.08. The van der Waals surface area contributed by atoms with E-state index in [1.807, 2.05) is 30.3 Å². The molecule has 2 aromatic carbocycles. The van der Waals surface area contributed by atoms with Gasteiger partial charge < -0.3 is 5.32 Å². The van der Waals surface area contributed by atoms with Gasteiger partial charge in [0.05, 0.1) is 15.8 Å². The summed E-state index contributed by atoms with van der Waals surface area (Å²) in [4.78, 5) is 0. The predicted octanol–water partition coefficient (Wildman–Crippen LogP) is 3.18. The maximum absolute atomic E-state index is 13.5. The predicted molar refractivity (Wildman–Crippen MR) is 80.6 cm³/mol. The molecule has 0 radical (unpaired) electrons. The fourth-order valence-corrected chi connectivity index (χ4v) is 2.19. The summed E-state index contributed by atoms with van der Waals surface area (Å²) < 4.78 is 15.5. The van der Waals surface area contributed by atoms with Crippen LogP contribution in [0.1, 0.15) is 5.56 Å². The summed E-state index contributed by atoms with van der Waals surface area (Å²) in [6.07, 6.45) is 1.53. The highest BCUT2D eigenvalue weighted by Crippen LogP contribution is 2.21. The number of aromatic nitrogens is 4. The Hall–Kier alpha value is -2.28. The Labute approximate surface area is 128 Å². The number of halogens is 2. The summed E-state index contributed by atoms with van der Waals surface area (Å²) in [6.45, 7) is 0.503. The minimum Gasteiger partial charge on any atom is -0.379 e. The minimum atomic E-state index is -0.275. The number of nitrogens with one attached hydrogen (secondary N) is 1. The van der Waals surface area contributed by atoms with Crippen LogP contribution < -0.4 is 5.32 Å². The fraction of sp³-hybridized carbons (Fsp3) is 0.0714. The van der Waals surface area contributed by atoms with Gasteiger partial charge >= 0.3 is 0 Å². The van der Waals surface area contributed by atoms with Crippen molar-refractivity contribution in [2.45, 2.75) is 6.54 Å². The van der Waals surface area contributed by atoms with E-state index in [1.165, 1.54) is 12.4 Å². The molecule has 0 saturated carbocycles. The molecule has 0 amide bonds. The molecule has 7 heteroatoms. The number of tetrazole rings is 1. The highest BCUT2D eigenvalue weighted by Gasteiger charge is 2.06. The average molecular weight is 348 g/mol. The van der Waals surface area contributed by atoms with Crippen molar-refractivity contribution in [2.24, 2.45) is 0 Å². The summed E-state index contributed by atoms with van der Waals surface area (Å²) in [5, 5.41) is 14.4. The fourth-order valence-electron chi connectivity index (χ4n) is 1.94. The number of para-hydroxylation sites is 2. The lowest BCUT2D eigenvalue weighted by molar-refractivity contribution is 0.619. The van der Waals surface area contributed by atoms with Gasteiger partial charge in [-0.15, -0.1) is 5.10 Å². The first kappa shape index (κ1) is 13.7. The third-order valence-electron chi connectivity index (χ3n) is 2.97. The largest absolute Gasteiger partial charge is 0.379 e. The summed E-state index contributed by atoms with van der Waals surface area (Å²) in [5.74, 6) is -0.275. The van der Waals surface area contributed by atoms with E-state index in [1.54, 1.807) is 10.7 Å². The number of anilines is 1. The van der Waals surface area contributed by atoms with Crippen LogP contribution in [0.5, 0.6) is 0 Å². The molecule has 5 nitrogen and oxygen atoms in total. The highest BCUT2D eigenvalue weighted by atomic mass is 79.9. The van der Waals surface area contributed by atoms with Gasteiger partial charge in [-0.3, -0.25) is 0 Å². The van der Waals surface area contributed by atoms with E-state index < -0.39 is 0 Å². The molecular formula is C14H11BrFN5. The first-order chi connectivity index (χ1) is 10.2. The van der Waals surface area contributed by atoms with Gasteiger partial charge in [-0.1, -0.05) is 18.2 Å². The van der Waals surface area contributed by atoms with E-state index in [0.717, 1.165) is 16.9 Å². The van der Waals surface area contributed by atoms with Gasteiger partial charge in [0.2, 0.25) is 0 Å². The molecule has 0 saturated heterocycles.